The fourth-order valence-corrected chi connectivity index (χ4v) is 3.99. The minimum absolute atomic E-state index is 0.0526. The second kappa shape index (κ2) is 6.72. The van der Waals surface area contributed by atoms with Crippen LogP contribution in [0, 0.1) is 5.92 Å². The molecule has 0 spiro atoms. The van der Waals surface area contributed by atoms with Gasteiger partial charge >= 0.3 is 0 Å². The van der Waals surface area contributed by atoms with Gasteiger partial charge in [0.1, 0.15) is 18.0 Å². The quantitative estimate of drug-likeness (QED) is 0.837. The maximum atomic E-state index is 12.7. The van der Waals surface area contributed by atoms with E-state index in [-0.39, 0.29) is 17.6 Å². The average molecular weight is 356 g/mol. The molecule has 0 radical (unpaired) electrons. The standard InChI is InChI=1S/C19H24N4O3/c1-19(13-25-16-4-3-6-20-10-16)8-14-12-23(7-5-17(14)26-19)18(24)15-9-21-22(2)11-15/h3-4,6,9-11,14,17H,5,7-8,12-13H2,1-2H3/t14-,17+,19-/m1/s1. The number of nitrogens with zero attached hydrogens (tertiary/aromatic N) is 4. The van der Waals surface area contributed by atoms with Crippen LogP contribution < -0.4 is 4.74 Å². The lowest BCUT2D eigenvalue weighted by Gasteiger charge is -2.33. The van der Waals surface area contributed by atoms with Crippen LogP contribution in [-0.2, 0) is 11.8 Å². The molecule has 2 aliphatic heterocycles. The molecule has 0 bridgehead atoms. The summed E-state index contributed by atoms with van der Waals surface area (Å²) in [6, 6.07) is 3.75. The van der Waals surface area contributed by atoms with Crippen molar-refractivity contribution >= 4 is 5.91 Å². The van der Waals surface area contributed by atoms with E-state index in [1.807, 2.05) is 24.1 Å². The van der Waals surface area contributed by atoms with Crippen LogP contribution in [0.15, 0.2) is 36.9 Å². The fourth-order valence-electron chi connectivity index (χ4n) is 3.99. The molecule has 2 aliphatic rings. The summed E-state index contributed by atoms with van der Waals surface area (Å²) >= 11 is 0. The van der Waals surface area contributed by atoms with Crippen LogP contribution in [0.3, 0.4) is 0 Å². The molecule has 0 saturated carbocycles. The number of piperidine rings is 1. The summed E-state index contributed by atoms with van der Waals surface area (Å²) in [7, 11) is 1.82. The highest BCUT2D eigenvalue weighted by atomic mass is 16.6. The van der Waals surface area contributed by atoms with E-state index in [1.165, 1.54) is 0 Å². The van der Waals surface area contributed by atoms with Crippen LogP contribution in [0.2, 0.25) is 0 Å². The number of aromatic nitrogens is 3. The third-order valence-electron chi connectivity index (χ3n) is 5.21. The highest BCUT2D eigenvalue weighted by Crippen LogP contribution is 2.39. The first-order valence-electron chi connectivity index (χ1n) is 9.01. The van der Waals surface area contributed by atoms with Gasteiger partial charge in [0.25, 0.3) is 5.91 Å². The van der Waals surface area contributed by atoms with Gasteiger partial charge in [0.05, 0.1) is 24.1 Å². The smallest absolute Gasteiger partial charge is 0.257 e. The van der Waals surface area contributed by atoms with E-state index in [0.29, 0.717) is 24.6 Å². The number of rotatable bonds is 4. The molecule has 4 rings (SSSR count). The third-order valence-corrected chi connectivity index (χ3v) is 5.21. The molecule has 2 aromatic heterocycles. The number of fused-ring (bicyclic) bond motifs is 1. The van der Waals surface area contributed by atoms with E-state index in [4.69, 9.17) is 9.47 Å². The topological polar surface area (TPSA) is 69.5 Å². The van der Waals surface area contributed by atoms with Crippen molar-refractivity contribution in [1.82, 2.24) is 19.7 Å². The molecule has 2 aromatic rings. The Kier molecular flexibility index (Phi) is 4.40. The van der Waals surface area contributed by atoms with Crippen molar-refractivity contribution < 1.29 is 14.3 Å². The number of carbonyl (C=O) groups is 1. The maximum Gasteiger partial charge on any atom is 0.257 e. The Hall–Kier alpha value is -2.41. The molecule has 0 aliphatic carbocycles. The Bertz CT molecular complexity index is 778. The molecule has 4 heterocycles. The molecule has 2 fully saturated rings. The van der Waals surface area contributed by atoms with E-state index >= 15 is 0 Å². The van der Waals surface area contributed by atoms with Crippen molar-refractivity contribution in [3.05, 3.63) is 42.5 Å². The van der Waals surface area contributed by atoms with Gasteiger partial charge in [0, 0.05) is 38.4 Å². The summed E-state index contributed by atoms with van der Waals surface area (Å²) in [5.41, 5.74) is 0.311. The van der Waals surface area contributed by atoms with Crippen LogP contribution in [0.5, 0.6) is 5.75 Å². The number of likely N-dealkylation sites (tertiary alicyclic amines) is 1. The number of aryl methyl sites for hydroxylation is 1. The van der Waals surface area contributed by atoms with Gasteiger partial charge in [-0.2, -0.15) is 5.10 Å². The van der Waals surface area contributed by atoms with Crippen molar-refractivity contribution in [1.29, 1.82) is 0 Å². The Morgan fingerprint density at radius 3 is 3.08 bits per heavy atom. The largest absolute Gasteiger partial charge is 0.489 e. The summed E-state index contributed by atoms with van der Waals surface area (Å²) in [4.78, 5) is 18.7. The zero-order valence-electron chi connectivity index (χ0n) is 15.2. The van der Waals surface area contributed by atoms with Crippen molar-refractivity contribution in [2.75, 3.05) is 19.7 Å². The first-order chi connectivity index (χ1) is 12.5. The van der Waals surface area contributed by atoms with Gasteiger partial charge in [-0.25, -0.2) is 0 Å². The molecule has 3 atom stereocenters. The van der Waals surface area contributed by atoms with Gasteiger partial charge in [-0.15, -0.1) is 0 Å². The number of hydrogen-bond donors (Lipinski definition) is 0. The van der Waals surface area contributed by atoms with E-state index in [0.717, 1.165) is 25.1 Å². The Morgan fingerprint density at radius 2 is 2.35 bits per heavy atom. The lowest BCUT2D eigenvalue weighted by molar-refractivity contribution is -0.0675. The summed E-state index contributed by atoms with van der Waals surface area (Å²) in [6.45, 7) is 4.02. The van der Waals surface area contributed by atoms with Gasteiger partial charge < -0.3 is 14.4 Å². The Balaban J connectivity index is 1.37. The maximum absolute atomic E-state index is 12.7. The van der Waals surface area contributed by atoms with Crippen molar-refractivity contribution in [3.63, 3.8) is 0 Å². The SMILES string of the molecule is Cn1cc(C(=O)N2CC[C@@H]3O[C@@](C)(COc4cccnc4)C[C@@H]3C2)cn1. The molecule has 7 nitrogen and oxygen atoms in total. The minimum atomic E-state index is -0.335. The predicted molar refractivity (Wildman–Crippen MR) is 94.8 cm³/mol. The highest BCUT2D eigenvalue weighted by Gasteiger charge is 2.46. The zero-order chi connectivity index (χ0) is 18.1. The van der Waals surface area contributed by atoms with Gasteiger partial charge in [-0.1, -0.05) is 0 Å². The number of amides is 1. The molecular formula is C19H24N4O3. The van der Waals surface area contributed by atoms with E-state index in [9.17, 15) is 4.79 Å². The van der Waals surface area contributed by atoms with Crippen molar-refractivity contribution in [2.45, 2.75) is 31.5 Å². The second-order valence-electron chi connectivity index (χ2n) is 7.49. The van der Waals surface area contributed by atoms with Crippen LogP contribution in [0.25, 0.3) is 0 Å². The summed E-state index contributed by atoms with van der Waals surface area (Å²) in [5.74, 6) is 1.14. The van der Waals surface area contributed by atoms with Gasteiger partial charge in [0.2, 0.25) is 0 Å². The predicted octanol–water partition coefficient (Wildman–Crippen LogP) is 1.90. The van der Waals surface area contributed by atoms with Crippen LogP contribution >= 0.6 is 0 Å². The first-order valence-corrected chi connectivity index (χ1v) is 9.01. The van der Waals surface area contributed by atoms with Crippen LogP contribution in [-0.4, -0.2) is 57.0 Å². The molecule has 1 amide bonds. The monoisotopic (exact) mass is 356 g/mol. The van der Waals surface area contributed by atoms with E-state index < -0.39 is 0 Å². The number of carbonyl (C=O) groups excluding carboxylic acids is 1. The first kappa shape index (κ1) is 17.0. The summed E-state index contributed by atoms with van der Waals surface area (Å²) < 4.78 is 13.8. The van der Waals surface area contributed by atoms with E-state index in [2.05, 4.69) is 17.0 Å². The molecule has 138 valence electrons. The lowest BCUT2D eigenvalue weighted by atomic mass is 9.89. The highest BCUT2D eigenvalue weighted by molar-refractivity contribution is 5.93. The van der Waals surface area contributed by atoms with Crippen molar-refractivity contribution in [3.8, 4) is 5.75 Å². The molecule has 2 saturated heterocycles. The average Bonchev–Trinajstić information content (AvgIpc) is 3.22. The number of hydrogen-bond acceptors (Lipinski definition) is 5. The Morgan fingerprint density at radius 1 is 1.46 bits per heavy atom. The zero-order valence-corrected chi connectivity index (χ0v) is 15.2. The molecular weight excluding hydrogens is 332 g/mol. The molecule has 26 heavy (non-hydrogen) atoms. The normalized spacial score (nSPS) is 28.0. The van der Waals surface area contributed by atoms with Gasteiger partial charge in [0.15, 0.2) is 0 Å². The number of pyridine rings is 1. The van der Waals surface area contributed by atoms with Crippen LogP contribution in [0.4, 0.5) is 0 Å². The molecule has 0 N–H and O–H groups in total. The second-order valence-corrected chi connectivity index (χ2v) is 7.49. The van der Waals surface area contributed by atoms with Crippen molar-refractivity contribution in [2.24, 2.45) is 13.0 Å². The van der Waals surface area contributed by atoms with Crippen LogP contribution in [0.1, 0.15) is 30.1 Å². The summed E-state index contributed by atoms with van der Waals surface area (Å²) in [5, 5.41) is 4.10. The molecule has 7 heteroatoms. The lowest BCUT2D eigenvalue weighted by Crippen LogP contribution is -2.44. The Labute approximate surface area is 152 Å². The minimum Gasteiger partial charge on any atom is -0.489 e. The number of ether oxygens (including phenoxy) is 2. The third kappa shape index (κ3) is 3.44. The summed E-state index contributed by atoms with van der Waals surface area (Å²) in [6.07, 6.45) is 8.77. The molecule has 0 unspecified atom stereocenters. The van der Waals surface area contributed by atoms with E-state index in [1.54, 1.807) is 29.5 Å². The molecule has 0 aromatic carbocycles. The van der Waals surface area contributed by atoms with Gasteiger partial charge in [-0.05, 0) is 31.9 Å². The fraction of sp³-hybridized carbons (Fsp3) is 0.526. The van der Waals surface area contributed by atoms with Gasteiger partial charge in [-0.3, -0.25) is 14.5 Å².